The molecule has 9 heteroatoms. The smallest absolute Gasteiger partial charge is 0.358 e. The molecule has 9 nitrogen and oxygen atoms in total. The van der Waals surface area contributed by atoms with Crippen molar-refractivity contribution in [2.45, 2.75) is 6.04 Å². The first kappa shape index (κ1) is 11.4. The van der Waals surface area contributed by atoms with Crippen molar-refractivity contribution in [1.82, 2.24) is 30.1 Å². The van der Waals surface area contributed by atoms with Gasteiger partial charge in [0.25, 0.3) is 5.91 Å². The fourth-order valence-electron chi connectivity index (χ4n) is 1.89. The van der Waals surface area contributed by atoms with Gasteiger partial charge in [-0.1, -0.05) is 5.21 Å². The van der Waals surface area contributed by atoms with E-state index in [1.165, 1.54) is 23.3 Å². The highest BCUT2D eigenvalue weighted by atomic mass is 16.4. The number of carbonyl (C=O) groups excluding carboxylic acids is 1. The lowest BCUT2D eigenvalue weighted by atomic mass is 10.1. The molecule has 0 unspecified atom stereocenters. The van der Waals surface area contributed by atoms with Crippen LogP contribution in [0.1, 0.15) is 26.9 Å². The first-order valence-corrected chi connectivity index (χ1v) is 5.58. The number of rotatable bonds is 3. The van der Waals surface area contributed by atoms with Gasteiger partial charge in [0.1, 0.15) is 0 Å². The first-order valence-electron chi connectivity index (χ1n) is 5.58. The van der Waals surface area contributed by atoms with E-state index >= 15 is 0 Å². The number of carbonyl (C=O) groups is 2. The predicted octanol–water partition coefficient (Wildman–Crippen LogP) is -0.604. The van der Waals surface area contributed by atoms with Crippen molar-refractivity contribution in [3.63, 3.8) is 0 Å². The second kappa shape index (κ2) is 4.19. The molecule has 1 aliphatic rings. The standard InChI is InChI=1S/C10H10N6O3/c17-9(6-1-11-12-2-6)15-3-7(4-15)16-5-8(10(18)19)13-14-16/h1-2,5,7H,3-4H2,(H,11,12)(H,18,19). The number of nitrogens with zero attached hydrogens (tertiary/aromatic N) is 5. The molecule has 3 rings (SSSR count). The summed E-state index contributed by atoms with van der Waals surface area (Å²) in [5.74, 6) is -1.22. The molecule has 0 spiro atoms. The highest BCUT2D eigenvalue weighted by molar-refractivity contribution is 5.94. The summed E-state index contributed by atoms with van der Waals surface area (Å²) in [6.45, 7) is 0.957. The number of aromatic nitrogens is 5. The minimum Gasteiger partial charge on any atom is -0.476 e. The van der Waals surface area contributed by atoms with E-state index in [-0.39, 0.29) is 17.6 Å². The maximum atomic E-state index is 11.9. The third-order valence-electron chi connectivity index (χ3n) is 3.00. The lowest BCUT2D eigenvalue weighted by Gasteiger charge is -2.38. The van der Waals surface area contributed by atoms with Gasteiger partial charge in [0.05, 0.1) is 24.0 Å². The van der Waals surface area contributed by atoms with Crippen molar-refractivity contribution in [2.75, 3.05) is 13.1 Å². The van der Waals surface area contributed by atoms with Crippen LogP contribution in [0.25, 0.3) is 0 Å². The van der Waals surface area contributed by atoms with Gasteiger partial charge in [-0.25, -0.2) is 9.48 Å². The van der Waals surface area contributed by atoms with Gasteiger partial charge in [-0.3, -0.25) is 9.89 Å². The Morgan fingerprint density at radius 1 is 1.42 bits per heavy atom. The number of H-pyrrole nitrogens is 1. The van der Waals surface area contributed by atoms with Crippen LogP contribution in [0.3, 0.4) is 0 Å². The van der Waals surface area contributed by atoms with E-state index in [1.54, 1.807) is 4.90 Å². The summed E-state index contributed by atoms with van der Waals surface area (Å²) in [7, 11) is 0. The Hall–Kier alpha value is -2.71. The Bertz CT molecular complexity index is 613. The number of aromatic carboxylic acids is 1. The van der Waals surface area contributed by atoms with Crippen molar-refractivity contribution >= 4 is 11.9 Å². The average Bonchev–Trinajstić information content (AvgIpc) is 2.98. The van der Waals surface area contributed by atoms with Crippen LogP contribution < -0.4 is 0 Å². The second-order valence-corrected chi connectivity index (χ2v) is 4.24. The van der Waals surface area contributed by atoms with E-state index in [2.05, 4.69) is 20.5 Å². The zero-order valence-corrected chi connectivity index (χ0v) is 9.72. The highest BCUT2D eigenvalue weighted by Gasteiger charge is 2.33. The maximum absolute atomic E-state index is 11.9. The molecule has 0 aromatic carbocycles. The van der Waals surface area contributed by atoms with E-state index in [4.69, 9.17) is 5.11 Å². The third-order valence-corrected chi connectivity index (χ3v) is 3.00. The van der Waals surface area contributed by atoms with Crippen LogP contribution in [0.2, 0.25) is 0 Å². The van der Waals surface area contributed by atoms with Gasteiger partial charge in [0.2, 0.25) is 0 Å². The van der Waals surface area contributed by atoms with Crippen molar-refractivity contribution in [3.05, 3.63) is 29.8 Å². The number of carboxylic acids is 1. The predicted molar refractivity (Wildman–Crippen MR) is 60.5 cm³/mol. The Morgan fingerprint density at radius 2 is 2.21 bits per heavy atom. The number of amides is 1. The largest absolute Gasteiger partial charge is 0.476 e. The lowest BCUT2D eigenvalue weighted by molar-refractivity contribution is 0.0497. The summed E-state index contributed by atoms with van der Waals surface area (Å²) in [6.07, 6.45) is 4.37. The molecule has 0 atom stereocenters. The minimum absolute atomic E-state index is 0.0311. The molecule has 98 valence electrons. The lowest BCUT2D eigenvalue weighted by Crippen LogP contribution is -2.50. The molecule has 1 aliphatic heterocycles. The molecule has 2 aromatic heterocycles. The molecule has 19 heavy (non-hydrogen) atoms. The number of carboxylic acid groups (broad SMARTS) is 1. The number of hydrogen-bond acceptors (Lipinski definition) is 5. The van der Waals surface area contributed by atoms with Gasteiger partial charge in [-0.05, 0) is 0 Å². The van der Waals surface area contributed by atoms with Gasteiger partial charge >= 0.3 is 5.97 Å². The van der Waals surface area contributed by atoms with Crippen LogP contribution in [0.15, 0.2) is 18.6 Å². The van der Waals surface area contributed by atoms with Gasteiger partial charge in [0.15, 0.2) is 5.69 Å². The van der Waals surface area contributed by atoms with E-state index in [0.29, 0.717) is 18.7 Å². The maximum Gasteiger partial charge on any atom is 0.358 e. The van der Waals surface area contributed by atoms with Crippen molar-refractivity contribution in [1.29, 1.82) is 0 Å². The Morgan fingerprint density at radius 3 is 2.79 bits per heavy atom. The quantitative estimate of drug-likeness (QED) is 0.762. The van der Waals surface area contributed by atoms with Gasteiger partial charge in [-0.15, -0.1) is 5.10 Å². The molecule has 1 amide bonds. The normalized spacial score (nSPS) is 15.3. The molecule has 0 radical (unpaired) electrons. The van der Waals surface area contributed by atoms with E-state index < -0.39 is 5.97 Å². The molecule has 0 bridgehead atoms. The zero-order chi connectivity index (χ0) is 13.4. The van der Waals surface area contributed by atoms with E-state index in [0.717, 1.165) is 0 Å². The third kappa shape index (κ3) is 1.94. The van der Waals surface area contributed by atoms with Crippen molar-refractivity contribution < 1.29 is 14.7 Å². The molecule has 1 saturated heterocycles. The molecule has 2 N–H and O–H groups in total. The fourth-order valence-corrected chi connectivity index (χ4v) is 1.89. The number of nitrogens with one attached hydrogen (secondary N) is 1. The molecule has 2 aromatic rings. The second-order valence-electron chi connectivity index (χ2n) is 4.24. The summed E-state index contributed by atoms with van der Waals surface area (Å²) >= 11 is 0. The minimum atomic E-state index is -1.11. The summed E-state index contributed by atoms with van der Waals surface area (Å²) in [4.78, 5) is 24.2. The first-order chi connectivity index (χ1) is 9.15. The SMILES string of the molecule is O=C(O)c1cn(C2CN(C(=O)c3cn[nH]c3)C2)nn1. The Labute approximate surface area is 106 Å². The summed E-state index contributed by atoms with van der Waals surface area (Å²) in [5.41, 5.74) is 0.405. The average molecular weight is 262 g/mol. The van der Waals surface area contributed by atoms with Crippen molar-refractivity contribution in [3.8, 4) is 0 Å². The van der Waals surface area contributed by atoms with Crippen molar-refractivity contribution in [2.24, 2.45) is 0 Å². The highest BCUT2D eigenvalue weighted by Crippen LogP contribution is 2.22. The zero-order valence-electron chi connectivity index (χ0n) is 9.72. The number of likely N-dealkylation sites (tertiary alicyclic amines) is 1. The van der Waals surface area contributed by atoms with Gasteiger partial charge < -0.3 is 10.0 Å². The van der Waals surface area contributed by atoms with Gasteiger partial charge in [0, 0.05) is 19.3 Å². The number of aromatic amines is 1. The van der Waals surface area contributed by atoms with E-state index in [1.807, 2.05) is 0 Å². The Kier molecular flexibility index (Phi) is 2.51. The van der Waals surface area contributed by atoms with Crippen LogP contribution in [0.4, 0.5) is 0 Å². The van der Waals surface area contributed by atoms with Gasteiger partial charge in [-0.2, -0.15) is 5.10 Å². The number of hydrogen-bond donors (Lipinski definition) is 2. The summed E-state index contributed by atoms with van der Waals surface area (Å²) < 4.78 is 1.47. The monoisotopic (exact) mass is 262 g/mol. The molecular formula is C10H10N6O3. The van der Waals surface area contributed by atoms with Crippen LogP contribution in [-0.2, 0) is 0 Å². The molecule has 3 heterocycles. The van der Waals surface area contributed by atoms with E-state index in [9.17, 15) is 9.59 Å². The van der Waals surface area contributed by atoms with Crippen LogP contribution in [-0.4, -0.2) is 60.2 Å². The molecular weight excluding hydrogens is 252 g/mol. The summed E-state index contributed by atoms with van der Waals surface area (Å²) in [5, 5.41) is 22.3. The van der Waals surface area contributed by atoms with Crippen LogP contribution >= 0.6 is 0 Å². The van der Waals surface area contributed by atoms with Crippen LogP contribution in [0, 0.1) is 0 Å². The molecule has 0 saturated carbocycles. The van der Waals surface area contributed by atoms with Crippen LogP contribution in [0.5, 0.6) is 0 Å². The molecule has 0 aliphatic carbocycles. The summed E-state index contributed by atoms with van der Waals surface area (Å²) in [6, 6.07) is -0.0311. The Balaban J connectivity index is 1.63. The topological polar surface area (TPSA) is 117 Å². The molecule has 1 fully saturated rings. The fraction of sp³-hybridized carbons (Fsp3) is 0.300.